The molecule has 1 fully saturated rings. The van der Waals surface area contributed by atoms with Gasteiger partial charge in [0, 0.05) is 12.7 Å². The highest BCUT2D eigenvalue weighted by atomic mass is 16.4. The molecule has 3 N–H and O–H groups in total. The molecule has 28 heavy (non-hydrogen) atoms. The summed E-state index contributed by atoms with van der Waals surface area (Å²) in [4.78, 5) is 23.3. The second-order valence-electron chi connectivity index (χ2n) is 7.73. The molecule has 1 aromatic carbocycles. The molecule has 0 spiro atoms. The number of urea groups is 1. The lowest BCUT2D eigenvalue weighted by Crippen LogP contribution is -2.38. The molecule has 7 nitrogen and oxygen atoms in total. The fourth-order valence-electron chi connectivity index (χ4n) is 4.22. The van der Waals surface area contributed by atoms with E-state index in [-0.39, 0.29) is 17.6 Å². The molecule has 0 radical (unpaired) electrons. The lowest BCUT2D eigenvalue weighted by atomic mass is 9.94. The number of rotatable bonds is 5. The van der Waals surface area contributed by atoms with Crippen molar-refractivity contribution in [3.8, 4) is 0 Å². The van der Waals surface area contributed by atoms with Crippen molar-refractivity contribution < 1.29 is 14.7 Å². The third-order valence-electron chi connectivity index (χ3n) is 5.77. The van der Waals surface area contributed by atoms with E-state index in [1.165, 1.54) is 31.2 Å². The van der Waals surface area contributed by atoms with Gasteiger partial charge < -0.3 is 15.7 Å². The average Bonchev–Trinajstić information content (AvgIpc) is 3.36. The fourth-order valence-corrected chi connectivity index (χ4v) is 4.22. The number of carbonyl (C=O) groups is 2. The topological polar surface area (TPSA) is 96.3 Å². The third kappa shape index (κ3) is 4.03. The lowest BCUT2D eigenvalue weighted by Gasteiger charge is -2.22. The van der Waals surface area contributed by atoms with Crippen LogP contribution in [0.5, 0.6) is 0 Å². The summed E-state index contributed by atoms with van der Waals surface area (Å²) in [6, 6.07) is 6.74. The highest BCUT2D eigenvalue weighted by Crippen LogP contribution is 2.33. The largest absolute Gasteiger partial charge is 0.478 e. The first-order valence-corrected chi connectivity index (χ1v) is 10.0. The molecule has 2 amide bonds. The molecule has 7 heteroatoms. The van der Waals surface area contributed by atoms with Gasteiger partial charge in [-0.3, -0.25) is 4.68 Å². The zero-order valence-corrected chi connectivity index (χ0v) is 15.9. The van der Waals surface area contributed by atoms with Crippen molar-refractivity contribution in [2.75, 3.05) is 0 Å². The maximum absolute atomic E-state index is 12.4. The van der Waals surface area contributed by atoms with E-state index in [9.17, 15) is 9.59 Å². The number of hydrogen-bond acceptors (Lipinski definition) is 3. The van der Waals surface area contributed by atoms with E-state index in [4.69, 9.17) is 10.2 Å². The number of aryl methyl sites for hydroxylation is 1. The minimum Gasteiger partial charge on any atom is -0.478 e. The molecule has 1 atom stereocenters. The Kier molecular flexibility index (Phi) is 5.32. The molecule has 1 saturated carbocycles. The first-order chi connectivity index (χ1) is 13.6. The van der Waals surface area contributed by atoms with Crippen LogP contribution in [0.15, 0.2) is 30.5 Å². The molecule has 0 saturated heterocycles. The van der Waals surface area contributed by atoms with Crippen LogP contribution in [0.1, 0.15) is 77.8 Å². The van der Waals surface area contributed by atoms with Crippen molar-refractivity contribution >= 4 is 12.0 Å². The number of hydrogen-bond donors (Lipinski definition) is 3. The van der Waals surface area contributed by atoms with Crippen LogP contribution in [-0.2, 0) is 13.0 Å². The number of aromatic carboxylic acids is 1. The quantitative estimate of drug-likeness (QED) is 0.736. The third-order valence-corrected chi connectivity index (χ3v) is 5.77. The van der Waals surface area contributed by atoms with E-state index in [0.29, 0.717) is 12.6 Å². The molecular weight excluding hydrogens is 356 g/mol. The SMILES string of the molecule is O=C(NCc1ccc(C(=O)O)cc1)NC1CCCc2cn(C3CCCC3)nc21. The van der Waals surface area contributed by atoms with Gasteiger partial charge in [-0.1, -0.05) is 25.0 Å². The van der Waals surface area contributed by atoms with Crippen LogP contribution >= 0.6 is 0 Å². The normalized spacial score (nSPS) is 19.2. The van der Waals surface area contributed by atoms with Crippen molar-refractivity contribution in [1.82, 2.24) is 20.4 Å². The number of carboxylic acids is 1. The Bertz CT molecular complexity index is 853. The molecule has 2 aromatic rings. The van der Waals surface area contributed by atoms with Crippen molar-refractivity contribution in [3.05, 3.63) is 52.8 Å². The van der Waals surface area contributed by atoms with E-state index in [2.05, 4.69) is 21.5 Å². The Balaban J connectivity index is 1.35. The van der Waals surface area contributed by atoms with Crippen molar-refractivity contribution in [3.63, 3.8) is 0 Å². The van der Waals surface area contributed by atoms with E-state index < -0.39 is 5.97 Å². The summed E-state index contributed by atoms with van der Waals surface area (Å²) in [5.74, 6) is -0.956. The summed E-state index contributed by atoms with van der Waals surface area (Å²) >= 11 is 0. The van der Waals surface area contributed by atoms with Gasteiger partial charge in [0.25, 0.3) is 0 Å². The van der Waals surface area contributed by atoms with Gasteiger partial charge in [0.2, 0.25) is 0 Å². The Morgan fingerprint density at radius 3 is 2.57 bits per heavy atom. The van der Waals surface area contributed by atoms with Crippen LogP contribution < -0.4 is 10.6 Å². The van der Waals surface area contributed by atoms with Crippen LogP contribution in [-0.4, -0.2) is 26.9 Å². The summed E-state index contributed by atoms with van der Waals surface area (Å²) in [5, 5.41) is 19.7. The summed E-state index contributed by atoms with van der Waals surface area (Å²) in [6.07, 6.45) is 10.1. The second kappa shape index (κ2) is 8.04. The highest BCUT2D eigenvalue weighted by molar-refractivity contribution is 5.87. The van der Waals surface area contributed by atoms with E-state index in [1.807, 2.05) is 0 Å². The number of carboxylic acid groups (broad SMARTS) is 1. The number of aromatic nitrogens is 2. The second-order valence-corrected chi connectivity index (χ2v) is 7.73. The van der Waals surface area contributed by atoms with Gasteiger partial charge in [-0.15, -0.1) is 0 Å². The van der Waals surface area contributed by atoms with Gasteiger partial charge in [-0.05, 0) is 55.4 Å². The van der Waals surface area contributed by atoms with Crippen LogP contribution in [0, 0.1) is 0 Å². The smallest absolute Gasteiger partial charge is 0.335 e. The first-order valence-electron chi connectivity index (χ1n) is 10.0. The Morgan fingerprint density at radius 1 is 1.11 bits per heavy atom. The van der Waals surface area contributed by atoms with E-state index in [0.717, 1.165) is 30.5 Å². The highest BCUT2D eigenvalue weighted by Gasteiger charge is 2.27. The number of benzene rings is 1. The van der Waals surface area contributed by atoms with Gasteiger partial charge in [0.1, 0.15) is 0 Å². The van der Waals surface area contributed by atoms with Gasteiger partial charge in [-0.25, -0.2) is 9.59 Å². The van der Waals surface area contributed by atoms with Crippen molar-refractivity contribution in [2.45, 2.75) is 63.6 Å². The van der Waals surface area contributed by atoms with Gasteiger partial charge in [0.15, 0.2) is 0 Å². The predicted octanol–water partition coefficient (Wildman–Crippen LogP) is 3.57. The molecule has 1 unspecified atom stereocenters. The maximum Gasteiger partial charge on any atom is 0.335 e. The molecule has 148 valence electrons. The number of nitrogens with zero attached hydrogens (tertiary/aromatic N) is 2. The maximum atomic E-state index is 12.4. The summed E-state index contributed by atoms with van der Waals surface area (Å²) in [6.45, 7) is 0.349. The summed E-state index contributed by atoms with van der Waals surface area (Å²) in [7, 11) is 0. The molecule has 0 bridgehead atoms. The average molecular weight is 382 g/mol. The molecule has 4 rings (SSSR count). The standard InChI is InChI=1S/C21H26N4O3/c26-20(27)15-10-8-14(9-11-15)12-22-21(28)23-18-7-3-4-16-13-25(24-19(16)18)17-5-1-2-6-17/h8-11,13,17-18H,1-7,12H2,(H,26,27)(H2,22,23,28). The van der Waals surface area contributed by atoms with Gasteiger partial charge >= 0.3 is 12.0 Å². The number of nitrogens with one attached hydrogen (secondary N) is 2. The molecule has 0 aliphatic heterocycles. The molecule has 1 aromatic heterocycles. The monoisotopic (exact) mass is 382 g/mol. The van der Waals surface area contributed by atoms with Gasteiger partial charge in [0.05, 0.1) is 23.3 Å². The summed E-state index contributed by atoms with van der Waals surface area (Å²) in [5.41, 5.74) is 3.36. The molecule has 2 aliphatic carbocycles. The Morgan fingerprint density at radius 2 is 1.86 bits per heavy atom. The Hall–Kier alpha value is -2.83. The minimum atomic E-state index is -0.956. The van der Waals surface area contributed by atoms with E-state index in [1.54, 1.807) is 24.3 Å². The number of fused-ring (bicyclic) bond motifs is 1. The zero-order valence-electron chi connectivity index (χ0n) is 15.9. The van der Waals surface area contributed by atoms with Crippen molar-refractivity contribution in [1.29, 1.82) is 0 Å². The zero-order chi connectivity index (χ0) is 19.5. The fraction of sp³-hybridized carbons (Fsp3) is 0.476. The number of carbonyl (C=O) groups excluding carboxylic acids is 1. The van der Waals surface area contributed by atoms with E-state index >= 15 is 0 Å². The van der Waals surface area contributed by atoms with Crippen LogP contribution in [0.4, 0.5) is 4.79 Å². The Labute approximate surface area is 164 Å². The predicted molar refractivity (Wildman–Crippen MR) is 104 cm³/mol. The number of amides is 2. The van der Waals surface area contributed by atoms with Crippen molar-refractivity contribution in [2.24, 2.45) is 0 Å². The molecule has 2 aliphatic rings. The first kappa shape index (κ1) is 18.5. The molecule has 1 heterocycles. The van der Waals surface area contributed by atoms with Gasteiger partial charge in [-0.2, -0.15) is 5.10 Å². The lowest BCUT2D eigenvalue weighted by molar-refractivity contribution is 0.0697. The van der Waals surface area contributed by atoms with Crippen LogP contribution in [0.3, 0.4) is 0 Å². The van der Waals surface area contributed by atoms with Crippen LogP contribution in [0.2, 0.25) is 0 Å². The minimum absolute atomic E-state index is 0.0548. The molecular formula is C21H26N4O3. The summed E-state index contributed by atoms with van der Waals surface area (Å²) < 4.78 is 2.12. The van der Waals surface area contributed by atoms with Crippen LogP contribution in [0.25, 0.3) is 0 Å².